The highest BCUT2D eigenvalue weighted by atomic mass is 32.2. The van der Waals surface area contributed by atoms with Crippen LogP contribution in [0, 0.1) is 0 Å². The molecule has 0 bridgehead atoms. The maximum atomic E-state index is 12.4. The second-order valence-electron chi connectivity index (χ2n) is 7.86. The summed E-state index contributed by atoms with van der Waals surface area (Å²) in [6, 6.07) is 25.4. The van der Waals surface area contributed by atoms with Gasteiger partial charge in [0, 0.05) is 29.3 Å². The largest absolute Gasteiger partial charge is 0.467 e. The number of carbonyl (C=O) groups is 1. The van der Waals surface area contributed by atoms with Gasteiger partial charge in [-0.05, 0) is 47.5 Å². The van der Waals surface area contributed by atoms with Crippen LogP contribution in [0.25, 0.3) is 11.4 Å². The van der Waals surface area contributed by atoms with E-state index in [9.17, 15) is 4.79 Å². The SMILES string of the molecule is O=C(NCc1ccco1)c1ccc(CSc2nnc(-c3ccncc3)n2Cc2ccccc2)cc1. The molecular weight excluding hydrogens is 458 g/mol. The number of hydrogen-bond donors (Lipinski definition) is 1. The number of thioether (sulfide) groups is 1. The molecule has 0 radical (unpaired) electrons. The Morgan fingerprint density at radius 1 is 0.886 bits per heavy atom. The molecule has 0 unspecified atom stereocenters. The molecular formula is C27H23N5O2S. The molecule has 5 aromatic rings. The second kappa shape index (κ2) is 10.8. The number of benzene rings is 2. The highest BCUT2D eigenvalue weighted by Gasteiger charge is 2.15. The Bertz CT molecular complexity index is 1370. The minimum absolute atomic E-state index is 0.134. The molecule has 7 nitrogen and oxygen atoms in total. The minimum Gasteiger partial charge on any atom is -0.467 e. The first-order valence-electron chi connectivity index (χ1n) is 11.2. The number of furan rings is 1. The van der Waals surface area contributed by atoms with Gasteiger partial charge in [0.2, 0.25) is 0 Å². The quantitative estimate of drug-likeness (QED) is 0.291. The van der Waals surface area contributed by atoms with Crippen molar-refractivity contribution in [3.63, 3.8) is 0 Å². The van der Waals surface area contributed by atoms with Crippen molar-refractivity contribution in [2.75, 3.05) is 0 Å². The van der Waals surface area contributed by atoms with Crippen LogP contribution in [0.2, 0.25) is 0 Å². The fourth-order valence-corrected chi connectivity index (χ4v) is 4.50. The van der Waals surface area contributed by atoms with Gasteiger partial charge in [0.25, 0.3) is 5.91 Å². The Morgan fingerprint density at radius 3 is 2.43 bits per heavy atom. The van der Waals surface area contributed by atoms with Crippen LogP contribution in [0.3, 0.4) is 0 Å². The third-order valence-electron chi connectivity index (χ3n) is 5.43. The van der Waals surface area contributed by atoms with E-state index >= 15 is 0 Å². The Kier molecular flexibility index (Phi) is 7.00. The van der Waals surface area contributed by atoms with Crippen molar-refractivity contribution in [2.45, 2.75) is 24.0 Å². The molecule has 174 valence electrons. The third-order valence-corrected chi connectivity index (χ3v) is 6.46. The van der Waals surface area contributed by atoms with E-state index in [1.54, 1.807) is 36.5 Å². The lowest BCUT2D eigenvalue weighted by Gasteiger charge is -2.11. The summed E-state index contributed by atoms with van der Waals surface area (Å²) in [7, 11) is 0. The van der Waals surface area contributed by atoms with Crippen molar-refractivity contribution < 1.29 is 9.21 Å². The van der Waals surface area contributed by atoms with Gasteiger partial charge in [-0.3, -0.25) is 14.3 Å². The Morgan fingerprint density at radius 2 is 1.69 bits per heavy atom. The highest BCUT2D eigenvalue weighted by Crippen LogP contribution is 2.27. The summed E-state index contributed by atoms with van der Waals surface area (Å²) in [4.78, 5) is 16.5. The van der Waals surface area contributed by atoms with Gasteiger partial charge in [0.05, 0.1) is 19.4 Å². The zero-order valence-corrected chi connectivity index (χ0v) is 19.7. The van der Waals surface area contributed by atoms with Gasteiger partial charge in [-0.15, -0.1) is 10.2 Å². The van der Waals surface area contributed by atoms with E-state index < -0.39 is 0 Å². The van der Waals surface area contributed by atoms with Gasteiger partial charge < -0.3 is 9.73 Å². The smallest absolute Gasteiger partial charge is 0.251 e. The van der Waals surface area contributed by atoms with Crippen molar-refractivity contribution in [3.05, 3.63) is 120 Å². The van der Waals surface area contributed by atoms with Crippen LogP contribution in [0.15, 0.2) is 107 Å². The van der Waals surface area contributed by atoms with Gasteiger partial charge in [-0.2, -0.15) is 0 Å². The lowest BCUT2D eigenvalue weighted by atomic mass is 10.1. The molecule has 0 aliphatic heterocycles. The van der Waals surface area contributed by atoms with Gasteiger partial charge >= 0.3 is 0 Å². The monoisotopic (exact) mass is 481 g/mol. The van der Waals surface area contributed by atoms with Crippen molar-refractivity contribution >= 4 is 17.7 Å². The molecule has 2 aromatic carbocycles. The number of aromatic nitrogens is 4. The van der Waals surface area contributed by atoms with Crippen LogP contribution in [0.5, 0.6) is 0 Å². The van der Waals surface area contributed by atoms with E-state index in [1.807, 2.05) is 60.7 Å². The molecule has 0 atom stereocenters. The molecule has 0 aliphatic carbocycles. The first-order chi connectivity index (χ1) is 17.3. The van der Waals surface area contributed by atoms with Crippen molar-refractivity contribution in [2.24, 2.45) is 0 Å². The van der Waals surface area contributed by atoms with Crippen LogP contribution < -0.4 is 5.32 Å². The topological polar surface area (TPSA) is 85.8 Å². The number of carbonyl (C=O) groups excluding carboxylic acids is 1. The van der Waals surface area contributed by atoms with E-state index in [2.05, 4.69) is 37.2 Å². The van der Waals surface area contributed by atoms with Crippen molar-refractivity contribution in [1.82, 2.24) is 25.1 Å². The number of hydrogen-bond acceptors (Lipinski definition) is 6. The molecule has 0 saturated carbocycles. The summed E-state index contributed by atoms with van der Waals surface area (Å²) in [5, 5.41) is 12.7. The maximum Gasteiger partial charge on any atom is 0.251 e. The predicted octanol–water partition coefficient (Wildman–Crippen LogP) is 5.20. The summed E-state index contributed by atoms with van der Waals surface area (Å²) in [6.07, 6.45) is 5.11. The van der Waals surface area contributed by atoms with E-state index in [1.165, 1.54) is 5.56 Å². The Labute approximate surface area is 207 Å². The van der Waals surface area contributed by atoms with E-state index in [4.69, 9.17) is 4.42 Å². The maximum absolute atomic E-state index is 12.4. The molecule has 3 aromatic heterocycles. The summed E-state index contributed by atoms with van der Waals surface area (Å²) in [5.74, 6) is 2.10. The first kappa shape index (κ1) is 22.6. The molecule has 1 N–H and O–H groups in total. The van der Waals surface area contributed by atoms with Crippen LogP contribution in [0.4, 0.5) is 0 Å². The average molecular weight is 482 g/mol. The third kappa shape index (κ3) is 5.67. The Balaban J connectivity index is 1.28. The van der Waals surface area contributed by atoms with Gasteiger partial charge in [-0.1, -0.05) is 54.2 Å². The zero-order valence-electron chi connectivity index (χ0n) is 18.9. The molecule has 0 aliphatic rings. The van der Waals surface area contributed by atoms with Gasteiger partial charge in [0.15, 0.2) is 11.0 Å². The Hall–Kier alpha value is -4.17. The fourth-order valence-electron chi connectivity index (χ4n) is 3.60. The number of amides is 1. The molecule has 0 saturated heterocycles. The standard InChI is InChI=1S/C27H23N5O2S/c33-26(29-17-24-7-4-16-34-24)23-10-8-21(9-11-23)19-35-27-31-30-25(22-12-14-28-15-13-22)32(27)18-20-5-2-1-3-6-20/h1-16H,17-19H2,(H,29,33). The molecule has 8 heteroatoms. The van der Waals surface area contributed by atoms with Crippen molar-refractivity contribution in [3.8, 4) is 11.4 Å². The molecule has 0 fully saturated rings. The predicted molar refractivity (Wildman–Crippen MR) is 135 cm³/mol. The summed E-state index contributed by atoms with van der Waals surface area (Å²) < 4.78 is 7.39. The fraction of sp³-hybridized carbons (Fsp3) is 0.111. The lowest BCUT2D eigenvalue weighted by Crippen LogP contribution is -2.22. The zero-order chi connectivity index (χ0) is 23.9. The minimum atomic E-state index is -0.134. The van der Waals surface area contributed by atoms with Crippen LogP contribution >= 0.6 is 11.8 Å². The summed E-state index contributed by atoms with van der Waals surface area (Å²) in [5.41, 5.74) is 3.85. The number of nitrogens with zero attached hydrogens (tertiary/aromatic N) is 4. The molecule has 35 heavy (non-hydrogen) atoms. The van der Waals surface area contributed by atoms with Gasteiger partial charge in [0.1, 0.15) is 5.76 Å². The molecule has 0 spiro atoms. The van der Waals surface area contributed by atoms with Crippen LogP contribution in [0.1, 0.15) is 27.2 Å². The molecule has 1 amide bonds. The number of rotatable bonds is 9. The van der Waals surface area contributed by atoms with Crippen molar-refractivity contribution in [1.29, 1.82) is 0 Å². The van der Waals surface area contributed by atoms with Crippen LogP contribution in [-0.4, -0.2) is 25.7 Å². The summed E-state index contributed by atoms with van der Waals surface area (Å²) >= 11 is 1.62. The number of pyridine rings is 1. The first-order valence-corrected chi connectivity index (χ1v) is 12.1. The second-order valence-corrected chi connectivity index (χ2v) is 8.80. The van der Waals surface area contributed by atoms with E-state index in [-0.39, 0.29) is 5.91 Å². The van der Waals surface area contributed by atoms with E-state index in [0.717, 1.165) is 27.9 Å². The van der Waals surface area contributed by atoms with E-state index in [0.29, 0.717) is 24.4 Å². The van der Waals surface area contributed by atoms with Crippen LogP contribution in [-0.2, 0) is 18.8 Å². The lowest BCUT2D eigenvalue weighted by molar-refractivity contribution is 0.0948. The normalized spacial score (nSPS) is 10.9. The number of nitrogens with one attached hydrogen (secondary N) is 1. The average Bonchev–Trinajstić information content (AvgIpc) is 3.58. The molecule has 5 rings (SSSR count). The van der Waals surface area contributed by atoms with Gasteiger partial charge in [-0.25, -0.2) is 0 Å². The highest BCUT2D eigenvalue weighted by molar-refractivity contribution is 7.98. The summed E-state index contributed by atoms with van der Waals surface area (Å²) in [6.45, 7) is 1.03. The molecule has 3 heterocycles.